The van der Waals surface area contributed by atoms with Crippen molar-refractivity contribution in [2.24, 2.45) is 4.99 Å². The molecule has 28 heavy (non-hydrogen) atoms. The lowest BCUT2D eigenvalue weighted by Gasteiger charge is -2.21. The van der Waals surface area contributed by atoms with Crippen LogP contribution in [0.25, 0.3) is 0 Å². The molecule has 5 nitrogen and oxygen atoms in total. The summed E-state index contributed by atoms with van der Waals surface area (Å²) in [5.74, 6) is -0.341. The van der Waals surface area contributed by atoms with Gasteiger partial charge in [-0.1, -0.05) is 13.0 Å². The maximum absolute atomic E-state index is 14.0. The number of aromatic nitrogens is 1. The standard InChI is InChI=1S/C20H27F2N5S/c1-4-17-13(2)28-18(26-17)8-10-24-20(23-3)25-14-9-11-27(12-14)19-15(21)6-5-7-16(19)22/h5-7,14H,4,8-12H2,1-3H3,(H2,23,24,25). The van der Waals surface area contributed by atoms with Gasteiger partial charge in [0.25, 0.3) is 0 Å². The van der Waals surface area contributed by atoms with Gasteiger partial charge in [-0.2, -0.15) is 0 Å². The van der Waals surface area contributed by atoms with Crippen molar-refractivity contribution in [3.05, 3.63) is 45.4 Å². The van der Waals surface area contributed by atoms with Crippen LogP contribution in [0.2, 0.25) is 0 Å². The Labute approximate surface area is 168 Å². The molecule has 0 saturated carbocycles. The van der Waals surface area contributed by atoms with Gasteiger partial charge in [-0.3, -0.25) is 4.99 Å². The second-order valence-electron chi connectivity index (χ2n) is 6.86. The lowest BCUT2D eigenvalue weighted by molar-refractivity contribution is 0.576. The van der Waals surface area contributed by atoms with Crippen LogP contribution in [-0.2, 0) is 12.8 Å². The molecule has 0 aliphatic carbocycles. The van der Waals surface area contributed by atoms with Crippen molar-refractivity contribution < 1.29 is 8.78 Å². The van der Waals surface area contributed by atoms with Gasteiger partial charge < -0.3 is 15.5 Å². The molecular weight excluding hydrogens is 380 g/mol. The molecule has 2 N–H and O–H groups in total. The first-order valence-corrected chi connectivity index (χ1v) is 10.4. The Hall–Kier alpha value is -2.22. The van der Waals surface area contributed by atoms with E-state index in [1.807, 2.05) is 0 Å². The second-order valence-corrected chi connectivity index (χ2v) is 8.15. The van der Waals surface area contributed by atoms with Gasteiger partial charge in [0.15, 0.2) is 5.96 Å². The molecule has 8 heteroatoms. The number of aryl methyl sites for hydroxylation is 2. The average Bonchev–Trinajstić information content (AvgIpc) is 3.27. The first-order valence-electron chi connectivity index (χ1n) is 9.63. The normalized spacial score (nSPS) is 17.2. The fourth-order valence-corrected chi connectivity index (χ4v) is 4.49. The summed E-state index contributed by atoms with van der Waals surface area (Å²) in [6, 6.07) is 4.06. The quantitative estimate of drug-likeness (QED) is 0.570. The topological polar surface area (TPSA) is 52.6 Å². The predicted molar refractivity (Wildman–Crippen MR) is 111 cm³/mol. The minimum atomic E-state index is -0.520. The number of nitrogens with zero attached hydrogens (tertiary/aromatic N) is 3. The second kappa shape index (κ2) is 9.32. The summed E-state index contributed by atoms with van der Waals surface area (Å²) in [4.78, 5) is 12.0. The van der Waals surface area contributed by atoms with E-state index in [2.05, 4.69) is 34.5 Å². The van der Waals surface area contributed by atoms with Crippen LogP contribution in [0.1, 0.15) is 28.9 Å². The molecule has 0 spiro atoms. The van der Waals surface area contributed by atoms with Crippen LogP contribution in [-0.4, -0.2) is 43.7 Å². The van der Waals surface area contributed by atoms with Crippen LogP contribution < -0.4 is 15.5 Å². The van der Waals surface area contributed by atoms with E-state index in [1.165, 1.54) is 28.8 Å². The molecule has 3 rings (SSSR count). The minimum Gasteiger partial charge on any atom is -0.365 e. The summed E-state index contributed by atoms with van der Waals surface area (Å²) in [6.07, 6.45) is 2.59. The predicted octanol–water partition coefficient (Wildman–Crippen LogP) is 3.28. The van der Waals surface area contributed by atoms with Crippen molar-refractivity contribution in [1.29, 1.82) is 0 Å². The number of para-hydroxylation sites is 1. The molecule has 1 atom stereocenters. The molecule has 1 fully saturated rings. The molecule has 1 unspecified atom stereocenters. The van der Waals surface area contributed by atoms with E-state index in [0.29, 0.717) is 19.0 Å². The Bertz CT molecular complexity index is 816. The highest BCUT2D eigenvalue weighted by atomic mass is 32.1. The molecule has 1 aliphatic rings. The van der Waals surface area contributed by atoms with E-state index >= 15 is 0 Å². The monoisotopic (exact) mass is 407 g/mol. The Balaban J connectivity index is 1.50. The number of anilines is 1. The van der Waals surface area contributed by atoms with Crippen LogP contribution >= 0.6 is 11.3 Å². The Morgan fingerprint density at radius 2 is 2.11 bits per heavy atom. The molecule has 1 aromatic carbocycles. The van der Waals surface area contributed by atoms with Crippen molar-refractivity contribution in [2.75, 3.05) is 31.6 Å². The van der Waals surface area contributed by atoms with Crippen molar-refractivity contribution in [3.8, 4) is 0 Å². The van der Waals surface area contributed by atoms with Gasteiger partial charge in [0.1, 0.15) is 17.3 Å². The van der Waals surface area contributed by atoms with E-state index in [-0.39, 0.29) is 11.7 Å². The first-order chi connectivity index (χ1) is 13.5. The summed E-state index contributed by atoms with van der Waals surface area (Å²) >= 11 is 1.74. The third kappa shape index (κ3) is 4.79. The number of nitrogens with one attached hydrogen (secondary N) is 2. The SMILES string of the molecule is CCc1nc(CCNC(=NC)NC2CCN(c3c(F)cccc3F)C2)sc1C. The lowest BCUT2D eigenvalue weighted by atomic mass is 10.2. The summed E-state index contributed by atoms with van der Waals surface area (Å²) in [5, 5.41) is 7.79. The fourth-order valence-electron chi connectivity index (χ4n) is 3.47. The average molecular weight is 408 g/mol. The van der Waals surface area contributed by atoms with E-state index in [0.717, 1.165) is 30.8 Å². The largest absolute Gasteiger partial charge is 0.365 e. The van der Waals surface area contributed by atoms with Crippen molar-refractivity contribution >= 4 is 23.0 Å². The summed E-state index contributed by atoms with van der Waals surface area (Å²) in [6.45, 7) is 6.09. The molecule has 0 amide bonds. The maximum atomic E-state index is 14.0. The highest BCUT2D eigenvalue weighted by molar-refractivity contribution is 7.11. The number of halogens is 2. The summed E-state index contributed by atoms with van der Waals surface area (Å²) in [7, 11) is 1.72. The van der Waals surface area contributed by atoms with Gasteiger partial charge >= 0.3 is 0 Å². The van der Waals surface area contributed by atoms with Gasteiger partial charge in [-0.05, 0) is 31.9 Å². The maximum Gasteiger partial charge on any atom is 0.191 e. The first kappa shape index (κ1) is 20.5. The zero-order valence-electron chi connectivity index (χ0n) is 16.6. The highest BCUT2D eigenvalue weighted by Gasteiger charge is 2.27. The zero-order chi connectivity index (χ0) is 20.1. The Morgan fingerprint density at radius 3 is 2.75 bits per heavy atom. The summed E-state index contributed by atoms with van der Waals surface area (Å²) in [5.41, 5.74) is 1.23. The van der Waals surface area contributed by atoms with E-state index in [1.54, 1.807) is 23.3 Å². The van der Waals surface area contributed by atoms with Crippen LogP contribution in [0.5, 0.6) is 0 Å². The fraction of sp³-hybridized carbons (Fsp3) is 0.500. The molecule has 2 aromatic rings. The third-order valence-electron chi connectivity index (χ3n) is 4.91. The number of guanidine groups is 1. The molecule has 0 radical (unpaired) electrons. The smallest absolute Gasteiger partial charge is 0.191 e. The van der Waals surface area contributed by atoms with E-state index < -0.39 is 11.6 Å². The lowest BCUT2D eigenvalue weighted by Crippen LogP contribution is -2.45. The molecule has 0 bridgehead atoms. The van der Waals surface area contributed by atoms with Crippen LogP contribution in [0.3, 0.4) is 0 Å². The van der Waals surface area contributed by atoms with Crippen LogP contribution in [0.15, 0.2) is 23.2 Å². The number of benzene rings is 1. The van der Waals surface area contributed by atoms with Crippen molar-refractivity contribution in [2.45, 2.75) is 39.2 Å². The van der Waals surface area contributed by atoms with E-state index in [9.17, 15) is 8.78 Å². The third-order valence-corrected chi connectivity index (χ3v) is 5.98. The summed E-state index contributed by atoms with van der Waals surface area (Å²) < 4.78 is 28.0. The van der Waals surface area contributed by atoms with Crippen LogP contribution in [0.4, 0.5) is 14.5 Å². The van der Waals surface area contributed by atoms with Crippen LogP contribution in [0, 0.1) is 18.6 Å². The number of thiazole rings is 1. The van der Waals surface area contributed by atoms with Crippen molar-refractivity contribution in [3.63, 3.8) is 0 Å². The van der Waals surface area contributed by atoms with Gasteiger partial charge in [0.2, 0.25) is 0 Å². The Morgan fingerprint density at radius 1 is 1.36 bits per heavy atom. The van der Waals surface area contributed by atoms with Gasteiger partial charge in [-0.25, -0.2) is 13.8 Å². The molecular formula is C20H27F2N5S. The zero-order valence-corrected chi connectivity index (χ0v) is 17.4. The number of hydrogen-bond donors (Lipinski definition) is 2. The number of rotatable bonds is 6. The van der Waals surface area contributed by atoms with Gasteiger partial charge in [-0.15, -0.1) is 11.3 Å². The molecule has 1 saturated heterocycles. The number of aliphatic imine (C=N–C) groups is 1. The molecule has 1 aliphatic heterocycles. The van der Waals surface area contributed by atoms with Crippen molar-refractivity contribution in [1.82, 2.24) is 15.6 Å². The minimum absolute atomic E-state index is 0.0561. The molecule has 152 valence electrons. The molecule has 1 aromatic heterocycles. The molecule has 2 heterocycles. The number of hydrogen-bond acceptors (Lipinski definition) is 4. The van der Waals surface area contributed by atoms with E-state index in [4.69, 9.17) is 0 Å². The Kier molecular flexibility index (Phi) is 6.83. The van der Waals surface area contributed by atoms with Gasteiger partial charge in [0, 0.05) is 44.0 Å². The van der Waals surface area contributed by atoms with Gasteiger partial charge in [0.05, 0.1) is 10.7 Å². The highest BCUT2D eigenvalue weighted by Crippen LogP contribution is 2.26.